The van der Waals surface area contributed by atoms with Crippen LogP contribution in [0.3, 0.4) is 0 Å². The number of rotatable bonds is 8. The van der Waals surface area contributed by atoms with Crippen molar-refractivity contribution in [2.45, 2.75) is 117 Å². The standard InChI is InChI=1S/C34H48O14/c1-12-16(2)29(38)47-27-24(37)19(5)26(46-30(39)18(4)20(6)48-43)23-25(44-21(7)35)17(3)15-34(23,42)31(40)33(11,41)14-13-32(9,10)28(27)45-22(8)36/h12-14,17,20,23-28,37,41-43H,4-5,15H2,1-3,6-11H3/b14-13+,16-12-/t17-,20?,23+,24-,25-,26-,27+,28+,33+,34+/m0/s1. The first-order valence-corrected chi connectivity index (χ1v) is 15.4. The molecule has 1 fully saturated rings. The number of carbonyl (C=O) groups excluding carboxylic acids is 5. The van der Waals surface area contributed by atoms with Crippen molar-refractivity contribution < 1.29 is 68.4 Å². The maximum Gasteiger partial charge on any atom is 0.336 e. The zero-order valence-electron chi connectivity index (χ0n) is 28.8. The van der Waals surface area contributed by atoms with E-state index in [1.165, 1.54) is 39.8 Å². The molecule has 10 atom stereocenters. The molecule has 0 aromatic rings. The number of ether oxygens (including phenoxy) is 4. The van der Waals surface area contributed by atoms with E-state index in [0.717, 1.165) is 26.8 Å². The van der Waals surface area contributed by atoms with Crippen LogP contribution in [0.2, 0.25) is 0 Å². The van der Waals surface area contributed by atoms with Crippen molar-refractivity contribution >= 4 is 29.7 Å². The average molecular weight is 681 g/mol. The maximum absolute atomic E-state index is 14.2. The van der Waals surface area contributed by atoms with Crippen molar-refractivity contribution in [1.29, 1.82) is 0 Å². The van der Waals surface area contributed by atoms with E-state index in [9.17, 15) is 39.3 Å². The Bertz CT molecular complexity index is 1370. The van der Waals surface area contributed by atoms with E-state index >= 15 is 0 Å². The minimum Gasteiger partial charge on any atom is -0.462 e. The molecule has 0 aromatic carbocycles. The Kier molecular flexibility index (Phi) is 12.9. The molecule has 14 heteroatoms. The van der Waals surface area contributed by atoms with E-state index in [4.69, 9.17) is 24.2 Å². The summed E-state index contributed by atoms with van der Waals surface area (Å²) in [4.78, 5) is 69.7. The number of esters is 4. The summed E-state index contributed by atoms with van der Waals surface area (Å²) >= 11 is 0. The Morgan fingerprint density at radius 2 is 1.52 bits per heavy atom. The molecule has 4 N–H and O–H groups in total. The van der Waals surface area contributed by atoms with Crippen molar-refractivity contribution in [3.05, 3.63) is 48.1 Å². The van der Waals surface area contributed by atoms with Crippen LogP contribution in [0.25, 0.3) is 0 Å². The summed E-state index contributed by atoms with van der Waals surface area (Å²) in [5.41, 5.74) is -7.20. The van der Waals surface area contributed by atoms with Crippen LogP contribution < -0.4 is 0 Å². The number of aliphatic hydroxyl groups excluding tert-OH is 1. The van der Waals surface area contributed by atoms with E-state index in [1.807, 2.05) is 0 Å². The molecule has 0 heterocycles. The van der Waals surface area contributed by atoms with Gasteiger partial charge in [0.05, 0.1) is 11.5 Å². The molecule has 0 spiro atoms. The van der Waals surface area contributed by atoms with Gasteiger partial charge in [0, 0.05) is 24.8 Å². The molecule has 1 saturated carbocycles. The number of aliphatic hydroxyl groups is 3. The lowest BCUT2D eigenvalue weighted by Crippen LogP contribution is -2.60. The summed E-state index contributed by atoms with van der Waals surface area (Å²) in [5, 5.41) is 45.0. The molecule has 2 aliphatic rings. The normalized spacial score (nSPS) is 35.2. The van der Waals surface area contributed by atoms with Crippen molar-refractivity contribution in [2.75, 3.05) is 0 Å². The first-order valence-electron chi connectivity index (χ1n) is 15.4. The van der Waals surface area contributed by atoms with Gasteiger partial charge < -0.3 is 34.3 Å². The third-order valence-electron chi connectivity index (χ3n) is 8.94. The molecule has 268 valence electrons. The Morgan fingerprint density at radius 3 is 2.02 bits per heavy atom. The van der Waals surface area contributed by atoms with Gasteiger partial charge in [0.25, 0.3) is 0 Å². The lowest BCUT2D eigenvalue weighted by molar-refractivity contribution is -0.264. The van der Waals surface area contributed by atoms with Gasteiger partial charge in [-0.2, -0.15) is 0 Å². The first kappa shape index (κ1) is 40.5. The van der Waals surface area contributed by atoms with Crippen LogP contribution in [0.4, 0.5) is 0 Å². The van der Waals surface area contributed by atoms with Crippen LogP contribution in [0.1, 0.15) is 68.7 Å². The van der Waals surface area contributed by atoms with E-state index in [1.54, 1.807) is 13.8 Å². The minimum absolute atomic E-state index is 0.119. The summed E-state index contributed by atoms with van der Waals surface area (Å²) in [5.74, 6) is -7.50. The van der Waals surface area contributed by atoms with Gasteiger partial charge in [-0.05, 0) is 51.7 Å². The lowest BCUT2D eigenvalue weighted by Gasteiger charge is -2.44. The highest BCUT2D eigenvalue weighted by Crippen LogP contribution is 2.49. The van der Waals surface area contributed by atoms with Crippen LogP contribution in [0.15, 0.2) is 48.1 Å². The number of Topliss-reactive ketones (excluding diaryl/α,β-unsaturated/α-hetero) is 1. The quantitative estimate of drug-likeness (QED) is 0.0724. The molecule has 1 unspecified atom stereocenters. The van der Waals surface area contributed by atoms with Crippen molar-refractivity contribution in [1.82, 2.24) is 0 Å². The molecule has 0 aliphatic heterocycles. The van der Waals surface area contributed by atoms with Gasteiger partial charge in [-0.15, -0.1) is 0 Å². The Morgan fingerprint density at radius 1 is 0.958 bits per heavy atom. The van der Waals surface area contributed by atoms with Gasteiger partial charge in [-0.1, -0.05) is 46.1 Å². The largest absolute Gasteiger partial charge is 0.462 e. The van der Waals surface area contributed by atoms with Gasteiger partial charge in [0.2, 0.25) is 0 Å². The number of hydrogen-bond donors (Lipinski definition) is 4. The highest BCUT2D eigenvalue weighted by atomic mass is 17.1. The third-order valence-corrected chi connectivity index (χ3v) is 8.94. The van der Waals surface area contributed by atoms with Crippen LogP contribution in [0.5, 0.6) is 0 Å². The van der Waals surface area contributed by atoms with E-state index in [-0.39, 0.29) is 5.57 Å². The molecule has 0 bridgehead atoms. The predicted octanol–water partition coefficient (Wildman–Crippen LogP) is 2.29. The van der Waals surface area contributed by atoms with Gasteiger partial charge >= 0.3 is 23.9 Å². The summed E-state index contributed by atoms with van der Waals surface area (Å²) in [6, 6.07) is 0. The molecular formula is C34H48O14. The van der Waals surface area contributed by atoms with Gasteiger partial charge in [-0.25, -0.2) is 14.5 Å². The summed E-state index contributed by atoms with van der Waals surface area (Å²) in [6.45, 7) is 19.6. The van der Waals surface area contributed by atoms with Crippen LogP contribution in [0, 0.1) is 17.3 Å². The topological polar surface area (TPSA) is 212 Å². The lowest BCUT2D eigenvalue weighted by atomic mass is 9.71. The highest BCUT2D eigenvalue weighted by molar-refractivity contribution is 5.97. The van der Waals surface area contributed by atoms with Crippen molar-refractivity contribution in [3.63, 3.8) is 0 Å². The maximum atomic E-state index is 14.2. The molecule has 0 aromatic heterocycles. The second kappa shape index (κ2) is 15.2. The second-order valence-electron chi connectivity index (χ2n) is 13.3. The fourth-order valence-corrected chi connectivity index (χ4v) is 6.03. The van der Waals surface area contributed by atoms with E-state index in [2.05, 4.69) is 18.0 Å². The number of ketones is 1. The molecular weight excluding hydrogens is 632 g/mol. The van der Waals surface area contributed by atoms with Crippen LogP contribution in [-0.4, -0.2) is 98.1 Å². The summed E-state index contributed by atoms with van der Waals surface area (Å²) in [6.07, 6.45) is -6.50. The number of fused-ring (bicyclic) bond motifs is 1. The fraction of sp³-hybridized carbons (Fsp3) is 0.618. The summed E-state index contributed by atoms with van der Waals surface area (Å²) in [7, 11) is 0. The molecule has 0 saturated heterocycles. The molecule has 0 radical (unpaired) electrons. The van der Waals surface area contributed by atoms with Crippen molar-refractivity contribution in [3.8, 4) is 0 Å². The Balaban J connectivity index is 3.05. The highest BCUT2D eigenvalue weighted by Gasteiger charge is 2.64. The molecule has 2 aliphatic carbocycles. The monoisotopic (exact) mass is 680 g/mol. The minimum atomic E-state index is -2.59. The number of allylic oxidation sites excluding steroid dienone is 1. The zero-order valence-corrected chi connectivity index (χ0v) is 28.8. The molecule has 14 nitrogen and oxygen atoms in total. The third kappa shape index (κ3) is 8.47. The van der Waals surface area contributed by atoms with Gasteiger partial charge in [-0.3, -0.25) is 19.6 Å². The second-order valence-corrected chi connectivity index (χ2v) is 13.3. The predicted molar refractivity (Wildman–Crippen MR) is 169 cm³/mol. The van der Waals surface area contributed by atoms with E-state index < -0.39 is 112 Å². The van der Waals surface area contributed by atoms with Crippen LogP contribution >= 0.6 is 0 Å². The van der Waals surface area contributed by atoms with Gasteiger partial charge in [0.15, 0.2) is 11.9 Å². The smallest absolute Gasteiger partial charge is 0.336 e. The average Bonchev–Trinajstić information content (AvgIpc) is 3.25. The van der Waals surface area contributed by atoms with E-state index in [0.29, 0.717) is 0 Å². The van der Waals surface area contributed by atoms with Crippen LogP contribution in [-0.2, 0) is 47.8 Å². The zero-order chi connectivity index (χ0) is 37.1. The number of carbonyl (C=O) groups is 5. The summed E-state index contributed by atoms with van der Waals surface area (Å²) < 4.78 is 22.7. The molecule has 0 amide bonds. The molecule has 48 heavy (non-hydrogen) atoms. The SMILES string of the molecule is C=C(C(=O)O[C@H]1C(=C)[C@H](O)[C@@H](OC(=O)/C(C)=C\C)[C@@H](OC(C)=O)C(C)(C)/C=C/[C@@](C)(O)C(=O)[C@@]2(O)C[C@H](C)[C@H](OC(C)=O)[C@H]12)C(C)OO. The van der Waals surface area contributed by atoms with Crippen molar-refractivity contribution in [2.24, 2.45) is 17.3 Å². The first-order chi connectivity index (χ1) is 22.0. The number of hydrogen-bond acceptors (Lipinski definition) is 14. The fourth-order valence-electron chi connectivity index (χ4n) is 6.03. The Labute approximate surface area is 279 Å². The van der Waals surface area contributed by atoms with Gasteiger partial charge in [0.1, 0.15) is 41.7 Å². The Hall–Kier alpha value is -3.69. The molecule has 2 rings (SSSR count).